The summed E-state index contributed by atoms with van der Waals surface area (Å²) in [6.07, 6.45) is 3.38. The van der Waals surface area contributed by atoms with Crippen LogP contribution in [0.3, 0.4) is 0 Å². The van der Waals surface area contributed by atoms with Gasteiger partial charge in [-0.2, -0.15) is 0 Å². The second-order valence-corrected chi connectivity index (χ2v) is 7.84. The summed E-state index contributed by atoms with van der Waals surface area (Å²) in [4.78, 5) is 26.9. The van der Waals surface area contributed by atoms with E-state index < -0.39 is 12.0 Å². The Morgan fingerprint density at radius 2 is 1.97 bits per heavy atom. The first kappa shape index (κ1) is 25.0. The van der Waals surface area contributed by atoms with Crippen LogP contribution >= 0.6 is 12.4 Å². The number of aryl methyl sites for hydroxylation is 1. The molecule has 0 fully saturated rings. The number of nitrogens with two attached hydrogens (primary N) is 1. The molecule has 9 heteroatoms. The number of carboxylic acid groups (broad SMARTS) is 1. The van der Waals surface area contributed by atoms with Crippen molar-refractivity contribution >= 4 is 30.0 Å². The maximum atomic E-state index is 11.9. The number of nitrogens with one attached hydrogen (secondary N) is 1. The lowest BCUT2D eigenvalue weighted by Gasteiger charge is -2.26. The lowest BCUT2D eigenvalue weighted by Crippen LogP contribution is -2.31. The van der Waals surface area contributed by atoms with Crippen molar-refractivity contribution in [2.45, 2.75) is 37.8 Å². The van der Waals surface area contributed by atoms with Crippen LogP contribution in [-0.4, -0.2) is 28.0 Å². The first-order valence-electron chi connectivity index (χ1n) is 10.7. The van der Waals surface area contributed by atoms with E-state index in [-0.39, 0.29) is 37.3 Å². The van der Waals surface area contributed by atoms with E-state index in [9.17, 15) is 9.59 Å². The van der Waals surface area contributed by atoms with Gasteiger partial charge in [-0.15, -0.1) is 12.4 Å². The molecule has 8 nitrogen and oxygen atoms in total. The highest BCUT2D eigenvalue weighted by atomic mass is 35.5. The molecule has 0 saturated heterocycles. The Balaban J connectivity index is 0.00000324. The van der Waals surface area contributed by atoms with Crippen molar-refractivity contribution in [3.05, 3.63) is 78.0 Å². The number of carbonyl (C=O) groups is 2. The Kier molecular flexibility index (Phi) is 8.45. The minimum Gasteiger partial charge on any atom is -0.485 e. The van der Waals surface area contributed by atoms with Gasteiger partial charge >= 0.3 is 5.97 Å². The van der Waals surface area contributed by atoms with Crippen LogP contribution in [0.4, 0.5) is 5.69 Å². The normalized spacial score (nSPS) is 15.1. The molecule has 0 bridgehead atoms. The number of hydrogen-bond donors (Lipinski definition) is 3. The Bertz CT molecular complexity index is 1130. The van der Waals surface area contributed by atoms with E-state index in [4.69, 9.17) is 20.3 Å². The topological polar surface area (TPSA) is 124 Å². The molecule has 2 atom stereocenters. The number of benzene rings is 2. The number of nitrogens with zero attached hydrogens (tertiary/aromatic N) is 1. The number of anilines is 1. The van der Waals surface area contributed by atoms with Gasteiger partial charge in [0.25, 0.3) is 0 Å². The predicted molar refractivity (Wildman–Crippen MR) is 130 cm³/mol. The molecule has 3 aromatic rings. The molecule has 4 rings (SSSR count). The minimum atomic E-state index is -1.13. The number of rotatable bonds is 8. The molecule has 4 N–H and O–H groups in total. The molecule has 1 aliphatic rings. The number of hydrogen-bond acceptors (Lipinski definition) is 6. The Labute approximate surface area is 203 Å². The lowest BCUT2D eigenvalue weighted by atomic mass is 9.97. The van der Waals surface area contributed by atoms with E-state index in [1.165, 1.54) is 11.8 Å². The standard InChI is InChI=1S/C25H25N3O5.ClH/c26-20(25(30)31)9-12-23(29)28-18-7-13-24(27-15-18)32-19-8-11-22-17(14-19)6-10-21(33-22)16-4-2-1-3-5-16;/h1-5,7-8,11,13-15,20-21H,6,9-10,12,26H2,(H,28,29)(H,30,31);1H/t20?,21-;/m0./s1. The number of amides is 1. The lowest BCUT2D eigenvalue weighted by molar-refractivity contribution is -0.138. The molecule has 34 heavy (non-hydrogen) atoms. The number of halogens is 1. The van der Waals surface area contributed by atoms with E-state index in [1.54, 1.807) is 12.1 Å². The summed E-state index contributed by atoms with van der Waals surface area (Å²) in [5, 5.41) is 11.4. The molecule has 2 aromatic carbocycles. The van der Waals surface area contributed by atoms with Gasteiger partial charge in [-0.3, -0.25) is 9.59 Å². The molecule has 0 saturated carbocycles. The van der Waals surface area contributed by atoms with E-state index >= 15 is 0 Å². The van der Waals surface area contributed by atoms with Crippen molar-refractivity contribution in [2.24, 2.45) is 5.73 Å². The molecule has 1 aliphatic heterocycles. The van der Waals surface area contributed by atoms with Gasteiger partial charge in [0.2, 0.25) is 11.8 Å². The summed E-state index contributed by atoms with van der Waals surface area (Å²) < 4.78 is 12.0. The van der Waals surface area contributed by atoms with Crippen molar-refractivity contribution in [1.29, 1.82) is 0 Å². The fourth-order valence-electron chi connectivity index (χ4n) is 3.60. The van der Waals surface area contributed by atoms with E-state index in [0.717, 1.165) is 24.2 Å². The van der Waals surface area contributed by atoms with Crippen molar-refractivity contribution in [1.82, 2.24) is 4.98 Å². The third-order valence-electron chi connectivity index (χ3n) is 5.39. The first-order chi connectivity index (χ1) is 16.0. The molecule has 0 spiro atoms. The molecule has 0 radical (unpaired) electrons. The van der Waals surface area contributed by atoms with E-state index in [2.05, 4.69) is 22.4 Å². The fraction of sp³-hybridized carbons (Fsp3) is 0.240. The van der Waals surface area contributed by atoms with Gasteiger partial charge in [-0.25, -0.2) is 4.98 Å². The molecule has 1 aromatic heterocycles. The van der Waals surface area contributed by atoms with E-state index in [1.807, 2.05) is 36.4 Å². The summed E-state index contributed by atoms with van der Waals surface area (Å²) in [7, 11) is 0. The first-order valence-corrected chi connectivity index (χ1v) is 10.7. The number of aliphatic carboxylic acids is 1. The van der Waals surface area contributed by atoms with Gasteiger partial charge in [-0.05, 0) is 54.7 Å². The van der Waals surface area contributed by atoms with Crippen LogP contribution in [-0.2, 0) is 16.0 Å². The second-order valence-electron chi connectivity index (χ2n) is 7.84. The molecule has 178 valence electrons. The summed E-state index contributed by atoms with van der Waals surface area (Å²) in [6.45, 7) is 0. The maximum Gasteiger partial charge on any atom is 0.320 e. The highest BCUT2D eigenvalue weighted by Crippen LogP contribution is 2.37. The number of carbonyl (C=O) groups excluding carboxylic acids is 1. The van der Waals surface area contributed by atoms with Crippen molar-refractivity contribution in [3.63, 3.8) is 0 Å². The van der Waals surface area contributed by atoms with Gasteiger partial charge in [0.05, 0.1) is 11.9 Å². The molecule has 2 heterocycles. The summed E-state index contributed by atoms with van der Waals surface area (Å²) in [5.74, 6) is 0.444. The second kappa shape index (κ2) is 11.5. The van der Waals surface area contributed by atoms with Crippen LogP contribution < -0.4 is 20.5 Å². The summed E-state index contributed by atoms with van der Waals surface area (Å²) >= 11 is 0. The van der Waals surface area contributed by atoms with Crippen LogP contribution in [0.2, 0.25) is 0 Å². The number of pyridine rings is 1. The largest absolute Gasteiger partial charge is 0.485 e. The fourth-order valence-corrected chi connectivity index (χ4v) is 3.60. The monoisotopic (exact) mass is 483 g/mol. The summed E-state index contributed by atoms with van der Waals surface area (Å²) in [6, 6.07) is 18.2. The molecular weight excluding hydrogens is 458 g/mol. The summed E-state index contributed by atoms with van der Waals surface area (Å²) in [5.41, 5.74) is 8.16. The van der Waals surface area contributed by atoms with Gasteiger partial charge in [0.1, 0.15) is 23.6 Å². The number of ether oxygens (including phenoxy) is 2. The zero-order chi connectivity index (χ0) is 23.2. The quantitative estimate of drug-likeness (QED) is 0.431. The number of fused-ring (bicyclic) bond motifs is 1. The number of carboxylic acids is 1. The molecule has 1 amide bonds. The van der Waals surface area contributed by atoms with Gasteiger partial charge in [0, 0.05) is 12.5 Å². The van der Waals surface area contributed by atoms with Crippen molar-refractivity contribution < 1.29 is 24.2 Å². The SMILES string of the molecule is Cl.NC(CCC(=O)Nc1ccc(Oc2ccc3c(c2)CC[C@@H](c2ccccc2)O3)nc1)C(=O)O. The minimum absolute atomic E-state index is 0. The Hall–Kier alpha value is -3.62. The zero-order valence-corrected chi connectivity index (χ0v) is 19.2. The van der Waals surface area contributed by atoms with Crippen LogP contribution in [0.1, 0.15) is 36.5 Å². The average molecular weight is 484 g/mol. The highest BCUT2D eigenvalue weighted by Gasteiger charge is 2.21. The van der Waals surface area contributed by atoms with Gasteiger partial charge in [-0.1, -0.05) is 30.3 Å². The predicted octanol–water partition coefficient (Wildman–Crippen LogP) is 4.49. The maximum absolute atomic E-state index is 11.9. The highest BCUT2D eigenvalue weighted by molar-refractivity contribution is 5.91. The van der Waals surface area contributed by atoms with Crippen molar-refractivity contribution in [3.8, 4) is 17.4 Å². The average Bonchev–Trinajstić information content (AvgIpc) is 2.84. The molecular formula is C25H26ClN3O5. The van der Waals surface area contributed by atoms with Gasteiger partial charge < -0.3 is 25.6 Å². The Morgan fingerprint density at radius 3 is 2.68 bits per heavy atom. The van der Waals surface area contributed by atoms with Crippen LogP contribution in [0.5, 0.6) is 17.4 Å². The molecule has 1 unspecified atom stereocenters. The molecule has 0 aliphatic carbocycles. The zero-order valence-electron chi connectivity index (χ0n) is 18.3. The van der Waals surface area contributed by atoms with Crippen molar-refractivity contribution in [2.75, 3.05) is 5.32 Å². The third-order valence-corrected chi connectivity index (χ3v) is 5.39. The van der Waals surface area contributed by atoms with Gasteiger partial charge in [0.15, 0.2) is 0 Å². The van der Waals surface area contributed by atoms with Crippen LogP contribution in [0.15, 0.2) is 66.9 Å². The van der Waals surface area contributed by atoms with Crippen LogP contribution in [0.25, 0.3) is 0 Å². The smallest absolute Gasteiger partial charge is 0.320 e. The number of aromatic nitrogens is 1. The van der Waals surface area contributed by atoms with E-state index in [0.29, 0.717) is 17.3 Å². The van der Waals surface area contributed by atoms with Crippen LogP contribution in [0, 0.1) is 0 Å². The third kappa shape index (κ3) is 6.46. The Morgan fingerprint density at radius 1 is 1.18 bits per heavy atom.